The number of hydrogen-bond acceptors (Lipinski definition) is 4. The molecular weight excluding hydrogens is 483 g/mol. The molecule has 2 N–H and O–H groups in total. The number of benzene rings is 1. The minimum absolute atomic E-state index is 0. The number of amides is 1. The number of carbonyl (C=O) groups excluding carboxylic acids is 1. The lowest BCUT2D eigenvalue weighted by Gasteiger charge is -2.19. The van der Waals surface area contributed by atoms with Crippen LogP contribution in [0.4, 0.5) is 0 Å². The monoisotopic (exact) mass is 518 g/mol. The van der Waals surface area contributed by atoms with Crippen LogP contribution in [0.5, 0.6) is 0 Å². The zero-order valence-corrected chi connectivity index (χ0v) is 20.1. The van der Waals surface area contributed by atoms with Crippen LogP contribution in [0.3, 0.4) is 0 Å². The fourth-order valence-corrected chi connectivity index (χ4v) is 3.18. The highest BCUT2D eigenvalue weighted by Crippen LogP contribution is 2.11. The minimum atomic E-state index is 0. The number of ether oxygens (including phenoxy) is 2. The molecule has 1 aromatic carbocycles. The van der Waals surface area contributed by atoms with E-state index in [1.54, 1.807) is 7.05 Å². The molecule has 0 aliphatic carbocycles. The molecule has 7 nitrogen and oxygen atoms in total. The molecule has 1 unspecified atom stereocenters. The zero-order chi connectivity index (χ0) is 20.2. The van der Waals surface area contributed by atoms with E-state index in [0.717, 1.165) is 31.0 Å². The van der Waals surface area contributed by atoms with Crippen LogP contribution in [0.25, 0.3) is 0 Å². The van der Waals surface area contributed by atoms with E-state index >= 15 is 0 Å². The highest BCUT2D eigenvalue weighted by molar-refractivity contribution is 14.0. The topological polar surface area (TPSA) is 75.2 Å². The molecule has 0 spiro atoms. The summed E-state index contributed by atoms with van der Waals surface area (Å²) in [5, 5.41) is 6.78. The molecule has 1 heterocycles. The fourth-order valence-electron chi connectivity index (χ4n) is 3.18. The van der Waals surface area contributed by atoms with Gasteiger partial charge in [-0.1, -0.05) is 31.2 Å². The Kier molecular flexibility index (Phi) is 12.9. The Hall–Kier alpha value is -1.39. The van der Waals surface area contributed by atoms with Gasteiger partial charge in [-0.3, -0.25) is 9.79 Å². The van der Waals surface area contributed by atoms with Crippen LogP contribution in [-0.2, 0) is 27.4 Å². The van der Waals surface area contributed by atoms with E-state index in [9.17, 15) is 4.79 Å². The largest absolute Gasteiger partial charge is 0.379 e. The van der Waals surface area contributed by atoms with Gasteiger partial charge in [0, 0.05) is 45.8 Å². The predicted molar refractivity (Wildman–Crippen MR) is 127 cm³/mol. The molecule has 1 fully saturated rings. The molecule has 0 saturated carbocycles. The van der Waals surface area contributed by atoms with Crippen molar-refractivity contribution in [2.75, 3.05) is 40.0 Å². The summed E-state index contributed by atoms with van der Waals surface area (Å²) in [6, 6.07) is 8.57. The zero-order valence-electron chi connectivity index (χ0n) is 17.8. The molecule has 0 aromatic heterocycles. The van der Waals surface area contributed by atoms with Crippen LogP contribution in [0.2, 0.25) is 0 Å². The SMILES string of the molecule is CCOCCOCc1cccc(CNC(=NC)NC2CCN(C(=O)CC)C2)c1.I. The number of halogens is 1. The summed E-state index contributed by atoms with van der Waals surface area (Å²) in [5.41, 5.74) is 2.31. The van der Waals surface area contributed by atoms with Gasteiger partial charge >= 0.3 is 0 Å². The predicted octanol–water partition coefficient (Wildman–Crippen LogP) is 2.53. The second kappa shape index (κ2) is 14.6. The first kappa shape index (κ1) is 25.6. The molecule has 1 amide bonds. The normalized spacial score (nSPS) is 16.4. The molecule has 29 heavy (non-hydrogen) atoms. The average Bonchev–Trinajstić information content (AvgIpc) is 3.19. The Morgan fingerprint density at radius 2 is 2.00 bits per heavy atom. The molecule has 1 aliphatic heterocycles. The van der Waals surface area contributed by atoms with E-state index in [4.69, 9.17) is 9.47 Å². The van der Waals surface area contributed by atoms with E-state index in [0.29, 0.717) is 39.4 Å². The molecule has 2 rings (SSSR count). The Labute approximate surface area is 191 Å². The maximum atomic E-state index is 11.8. The van der Waals surface area contributed by atoms with Gasteiger partial charge in [-0.2, -0.15) is 0 Å². The number of nitrogens with one attached hydrogen (secondary N) is 2. The molecule has 1 aliphatic rings. The third-order valence-electron chi connectivity index (χ3n) is 4.70. The van der Waals surface area contributed by atoms with Gasteiger partial charge in [0.05, 0.1) is 19.8 Å². The summed E-state index contributed by atoms with van der Waals surface area (Å²) < 4.78 is 10.9. The van der Waals surface area contributed by atoms with Gasteiger partial charge in [0.15, 0.2) is 5.96 Å². The molecular formula is C21H35IN4O3. The van der Waals surface area contributed by atoms with Gasteiger partial charge in [0.25, 0.3) is 0 Å². The van der Waals surface area contributed by atoms with Gasteiger partial charge in [-0.05, 0) is 24.5 Å². The lowest BCUT2D eigenvalue weighted by Crippen LogP contribution is -2.44. The third-order valence-corrected chi connectivity index (χ3v) is 4.70. The molecule has 8 heteroatoms. The first-order valence-corrected chi connectivity index (χ1v) is 10.1. The van der Waals surface area contributed by atoms with Crippen molar-refractivity contribution in [2.24, 2.45) is 4.99 Å². The highest BCUT2D eigenvalue weighted by Gasteiger charge is 2.25. The van der Waals surface area contributed by atoms with Gasteiger partial charge in [-0.25, -0.2) is 0 Å². The number of rotatable bonds is 10. The summed E-state index contributed by atoms with van der Waals surface area (Å²) in [4.78, 5) is 18.0. The number of likely N-dealkylation sites (tertiary alicyclic amines) is 1. The van der Waals surface area contributed by atoms with Crippen molar-refractivity contribution < 1.29 is 14.3 Å². The van der Waals surface area contributed by atoms with Gasteiger partial charge in [0.2, 0.25) is 5.91 Å². The van der Waals surface area contributed by atoms with Crippen molar-refractivity contribution in [1.29, 1.82) is 0 Å². The van der Waals surface area contributed by atoms with Crippen molar-refractivity contribution in [3.05, 3.63) is 35.4 Å². The summed E-state index contributed by atoms with van der Waals surface area (Å²) >= 11 is 0. The van der Waals surface area contributed by atoms with Crippen molar-refractivity contribution in [1.82, 2.24) is 15.5 Å². The summed E-state index contributed by atoms with van der Waals surface area (Å²) in [7, 11) is 1.77. The third kappa shape index (κ3) is 9.31. The summed E-state index contributed by atoms with van der Waals surface area (Å²) in [6.07, 6.45) is 1.51. The number of nitrogens with zero attached hydrogens (tertiary/aromatic N) is 2. The maximum absolute atomic E-state index is 11.8. The molecule has 0 bridgehead atoms. The van der Waals surface area contributed by atoms with Crippen LogP contribution in [0.1, 0.15) is 37.8 Å². The van der Waals surface area contributed by atoms with Crippen molar-refractivity contribution in [3.63, 3.8) is 0 Å². The lowest BCUT2D eigenvalue weighted by molar-refractivity contribution is -0.129. The second-order valence-corrected chi connectivity index (χ2v) is 6.82. The molecule has 1 aromatic rings. The standard InChI is InChI=1S/C21H34N4O3.HI/c1-4-20(26)25-10-9-19(15-25)24-21(22-3)23-14-17-7-6-8-18(13-17)16-28-12-11-27-5-2;/h6-8,13,19H,4-5,9-12,14-16H2,1-3H3,(H2,22,23,24);1H. The summed E-state index contributed by atoms with van der Waals surface area (Å²) in [5.74, 6) is 0.974. The van der Waals surface area contributed by atoms with Gasteiger partial charge in [-0.15, -0.1) is 24.0 Å². The van der Waals surface area contributed by atoms with E-state index < -0.39 is 0 Å². The summed E-state index contributed by atoms with van der Waals surface area (Å²) in [6.45, 7) is 8.64. The Bertz CT molecular complexity index is 642. The first-order valence-electron chi connectivity index (χ1n) is 10.1. The maximum Gasteiger partial charge on any atom is 0.222 e. The van der Waals surface area contributed by atoms with Crippen LogP contribution >= 0.6 is 24.0 Å². The smallest absolute Gasteiger partial charge is 0.222 e. The molecule has 0 radical (unpaired) electrons. The van der Waals surface area contributed by atoms with Crippen molar-refractivity contribution in [2.45, 2.75) is 45.9 Å². The highest BCUT2D eigenvalue weighted by atomic mass is 127. The Morgan fingerprint density at radius 3 is 2.72 bits per heavy atom. The Balaban J connectivity index is 0.00000420. The van der Waals surface area contributed by atoms with E-state index in [-0.39, 0.29) is 35.9 Å². The first-order chi connectivity index (χ1) is 13.7. The second-order valence-electron chi connectivity index (χ2n) is 6.82. The van der Waals surface area contributed by atoms with Crippen LogP contribution < -0.4 is 10.6 Å². The van der Waals surface area contributed by atoms with Crippen LogP contribution in [-0.4, -0.2) is 62.8 Å². The van der Waals surface area contributed by atoms with Crippen molar-refractivity contribution in [3.8, 4) is 0 Å². The van der Waals surface area contributed by atoms with Crippen LogP contribution in [0, 0.1) is 0 Å². The minimum Gasteiger partial charge on any atom is -0.379 e. The van der Waals surface area contributed by atoms with Gasteiger partial charge < -0.3 is 25.0 Å². The molecule has 1 saturated heterocycles. The average molecular weight is 518 g/mol. The number of hydrogen-bond donors (Lipinski definition) is 2. The fraction of sp³-hybridized carbons (Fsp3) is 0.619. The van der Waals surface area contributed by atoms with Crippen molar-refractivity contribution >= 4 is 35.8 Å². The number of guanidine groups is 1. The van der Waals surface area contributed by atoms with E-state index in [2.05, 4.69) is 33.8 Å². The Morgan fingerprint density at radius 1 is 1.24 bits per heavy atom. The lowest BCUT2D eigenvalue weighted by atomic mass is 10.1. The molecule has 164 valence electrons. The van der Waals surface area contributed by atoms with Crippen LogP contribution in [0.15, 0.2) is 29.3 Å². The number of aliphatic imine (C=N–C) groups is 1. The van der Waals surface area contributed by atoms with E-state index in [1.165, 1.54) is 5.56 Å². The quantitative estimate of drug-likeness (QED) is 0.216. The number of carbonyl (C=O) groups is 1. The van der Waals surface area contributed by atoms with Gasteiger partial charge in [0.1, 0.15) is 0 Å². The van der Waals surface area contributed by atoms with E-state index in [1.807, 2.05) is 24.8 Å². The molecule has 1 atom stereocenters.